The Balaban J connectivity index is 1.98. The Kier molecular flexibility index (Phi) is 4.14. The van der Waals surface area contributed by atoms with Crippen molar-refractivity contribution in [3.63, 3.8) is 0 Å². The lowest BCUT2D eigenvalue weighted by Crippen LogP contribution is -2.36. The Morgan fingerprint density at radius 1 is 1.32 bits per heavy atom. The highest BCUT2D eigenvalue weighted by Crippen LogP contribution is 2.23. The summed E-state index contributed by atoms with van der Waals surface area (Å²) in [5, 5.41) is 8.61. The molecule has 1 saturated carbocycles. The predicted molar refractivity (Wildman–Crippen MR) is 87.0 cm³/mol. The summed E-state index contributed by atoms with van der Waals surface area (Å²) >= 11 is 0. The largest absolute Gasteiger partial charge is 0.349 e. The second-order valence-electron chi connectivity index (χ2n) is 6.22. The molecule has 1 aliphatic carbocycles. The van der Waals surface area contributed by atoms with Crippen molar-refractivity contribution in [3.8, 4) is 0 Å². The zero-order chi connectivity index (χ0) is 15.7. The van der Waals surface area contributed by atoms with Gasteiger partial charge in [-0.1, -0.05) is 19.3 Å². The lowest BCUT2D eigenvalue weighted by atomic mass is 9.95. The van der Waals surface area contributed by atoms with Crippen LogP contribution in [0, 0.1) is 13.8 Å². The highest BCUT2D eigenvalue weighted by Gasteiger charge is 2.21. The number of hydrogen-bond donors (Lipinski definition) is 1. The zero-order valence-electron chi connectivity index (χ0n) is 13.6. The van der Waals surface area contributed by atoms with Gasteiger partial charge in [0, 0.05) is 18.3 Å². The molecule has 0 aliphatic heterocycles. The quantitative estimate of drug-likeness (QED) is 0.947. The van der Waals surface area contributed by atoms with Crippen LogP contribution in [-0.4, -0.2) is 26.7 Å². The molecular weight excluding hydrogens is 276 g/mol. The Hall–Kier alpha value is -1.91. The molecule has 2 heterocycles. The minimum atomic E-state index is 0.0150. The summed E-state index contributed by atoms with van der Waals surface area (Å²) < 4.78 is 1.87. The van der Waals surface area contributed by atoms with Crippen LogP contribution < -0.4 is 5.32 Å². The van der Waals surface area contributed by atoms with Gasteiger partial charge in [0.2, 0.25) is 0 Å². The minimum absolute atomic E-state index is 0.0150. The van der Waals surface area contributed by atoms with E-state index in [1.54, 1.807) is 0 Å². The first-order chi connectivity index (χ1) is 10.6. The molecule has 22 heavy (non-hydrogen) atoms. The third kappa shape index (κ3) is 2.72. The SMILES string of the molecule is CCn1nc(C)c2c(C(=O)NC3CCCCC3)cc(C)nc21. The van der Waals surface area contributed by atoms with E-state index >= 15 is 0 Å². The van der Waals surface area contributed by atoms with Crippen LogP contribution in [0.5, 0.6) is 0 Å². The molecule has 0 saturated heterocycles. The summed E-state index contributed by atoms with van der Waals surface area (Å²) in [5.74, 6) is 0.0150. The molecule has 0 unspecified atom stereocenters. The monoisotopic (exact) mass is 300 g/mol. The molecule has 0 bridgehead atoms. The lowest BCUT2D eigenvalue weighted by Gasteiger charge is -2.23. The third-order valence-electron chi connectivity index (χ3n) is 4.49. The summed E-state index contributed by atoms with van der Waals surface area (Å²) in [6.07, 6.45) is 5.89. The minimum Gasteiger partial charge on any atom is -0.349 e. The van der Waals surface area contributed by atoms with Crippen LogP contribution in [0.1, 0.15) is 60.8 Å². The highest BCUT2D eigenvalue weighted by molar-refractivity contribution is 6.06. The van der Waals surface area contributed by atoms with E-state index < -0.39 is 0 Å². The van der Waals surface area contributed by atoms with Gasteiger partial charge in [-0.3, -0.25) is 4.79 Å². The van der Waals surface area contributed by atoms with Crippen molar-refractivity contribution >= 4 is 16.9 Å². The maximum atomic E-state index is 12.8. The summed E-state index contributed by atoms with van der Waals surface area (Å²) in [4.78, 5) is 17.3. The van der Waals surface area contributed by atoms with E-state index in [1.807, 2.05) is 31.5 Å². The predicted octanol–water partition coefficient (Wildman–Crippen LogP) is 3.13. The number of hydrogen-bond acceptors (Lipinski definition) is 3. The van der Waals surface area contributed by atoms with Gasteiger partial charge in [0.25, 0.3) is 5.91 Å². The molecule has 3 rings (SSSR count). The number of amides is 1. The first kappa shape index (κ1) is 15.0. The van der Waals surface area contributed by atoms with Gasteiger partial charge in [-0.15, -0.1) is 0 Å². The van der Waals surface area contributed by atoms with Gasteiger partial charge in [0.05, 0.1) is 16.6 Å². The number of carbonyl (C=O) groups is 1. The number of rotatable bonds is 3. The third-order valence-corrected chi connectivity index (χ3v) is 4.49. The normalized spacial score (nSPS) is 16.1. The first-order valence-electron chi connectivity index (χ1n) is 8.25. The van der Waals surface area contributed by atoms with Crippen LogP contribution in [-0.2, 0) is 6.54 Å². The standard InChI is InChI=1S/C17H24N4O/c1-4-21-16-15(12(3)20-21)14(10-11(2)18-16)17(22)19-13-8-6-5-7-9-13/h10,13H,4-9H2,1-3H3,(H,19,22). The van der Waals surface area contributed by atoms with E-state index in [9.17, 15) is 4.79 Å². The molecule has 1 aliphatic rings. The van der Waals surface area contributed by atoms with Crippen LogP contribution >= 0.6 is 0 Å². The maximum absolute atomic E-state index is 12.8. The Morgan fingerprint density at radius 3 is 2.73 bits per heavy atom. The second-order valence-corrected chi connectivity index (χ2v) is 6.22. The van der Waals surface area contributed by atoms with E-state index in [4.69, 9.17) is 0 Å². The smallest absolute Gasteiger partial charge is 0.252 e. The van der Waals surface area contributed by atoms with E-state index in [2.05, 4.69) is 15.4 Å². The van der Waals surface area contributed by atoms with Gasteiger partial charge in [0.15, 0.2) is 5.65 Å². The van der Waals surface area contributed by atoms with Crippen molar-refractivity contribution in [1.29, 1.82) is 0 Å². The van der Waals surface area contributed by atoms with Gasteiger partial charge in [-0.25, -0.2) is 9.67 Å². The molecule has 118 valence electrons. The van der Waals surface area contributed by atoms with Crippen molar-refractivity contribution in [2.24, 2.45) is 0 Å². The summed E-state index contributed by atoms with van der Waals surface area (Å²) in [6.45, 7) is 6.67. The van der Waals surface area contributed by atoms with Crippen LogP contribution in [0.2, 0.25) is 0 Å². The Morgan fingerprint density at radius 2 is 2.05 bits per heavy atom. The molecule has 5 nitrogen and oxygen atoms in total. The molecule has 2 aromatic heterocycles. The molecule has 1 N–H and O–H groups in total. The summed E-state index contributed by atoms with van der Waals surface area (Å²) in [6, 6.07) is 2.20. The van der Waals surface area contributed by atoms with Crippen LogP contribution in [0.25, 0.3) is 11.0 Å². The molecular formula is C17H24N4O. The number of pyridine rings is 1. The van der Waals surface area contributed by atoms with E-state index in [-0.39, 0.29) is 5.91 Å². The molecule has 0 spiro atoms. The van der Waals surface area contributed by atoms with Crippen LogP contribution in [0.3, 0.4) is 0 Å². The molecule has 5 heteroatoms. The van der Waals surface area contributed by atoms with Gasteiger partial charge in [-0.2, -0.15) is 5.10 Å². The number of aryl methyl sites for hydroxylation is 3. The fourth-order valence-corrected chi connectivity index (χ4v) is 3.39. The number of carbonyl (C=O) groups excluding carboxylic acids is 1. The summed E-state index contributed by atoms with van der Waals surface area (Å²) in [5.41, 5.74) is 3.26. The van der Waals surface area contributed by atoms with Crippen molar-refractivity contribution in [1.82, 2.24) is 20.1 Å². The van der Waals surface area contributed by atoms with E-state index in [0.29, 0.717) is 11.6 Å². The Labute approximate surface area is 131 Å². The van der Waals surface area contributed by atoms with Gasteiger partial charge in [-0.05, 0) is 39.7 Å². The average molecular weight is 300 g/mol. The molecule has 1 fully saturated rings. The number of nitrogens with zero attached hydrogens (tertiary/aromatic N) is 3. The number of nitrogens with one attached hydrogen (secondary N) is 1. The van der Waals surface area contributed by atoms with Crippen molar-refractivity contribution in [2.45, 2.75) is 65.5 Å². The molecule has 2 aromatic rings. The second kappa shape index (κ2) is 6.07. The zero-order valence-corrected chi connectivity index (χ0v) is 13.6. The number of fused-ring (bicyclic) bond motifs is 1. The molecule has 0 atom stereocenters. The van der Waals surface area contributed by atoms with E-state index in [1.165, 1.54) is 19.3 Å². The fourth-order valence-electron chi connectivity index (χ4n) is 3.39. The molecule has 0 radical (unpaired) electrons. The van der Waals surface area contributed by atoms with Gasteiger partial charge < -0.3 is 5.32 Å². The van der Waals surface area contributed by atoms with Gasteiger partial charge in [0.1, 0.15) is 0 Å². The maximum Gasteiger partial charge on any atom is 0.252 e. The van der Waals surface area contributed by atoms with E-state index in [0.717, 1.165) is 41.8 Å². The molecule has 1 amide bonds. The van der Waals surface area contributed by atoms with Crippen molar-refractivity contribution in [2.75, 3.05) is 0 Å². The van der Waals surface area contributed by atoms with Crippen molar-refractivity contribution in [3.05, 3.63) is 23.0 Å². The van der Waals surface area contributed by atoms with Crippen molar-refractivity contribution < 1.29 is 4.79 Å². The van der Waals surface area contributed by atoms with Crippen LogP contribution in [0.4, 0.5) is 0 Å². The highest BCUT2D eigenvalue weighted by atomic mass is 16.1. The van der Waals surface area contributed by atoms with Gasteiger partial charge >= 0.3 is 0 Å². The first-order valence-corrected chi connectivity index (χ1v) is 8.25. The Bertz CT molecular complexity index is 698. The topological polar surface area (TPSA) is 59.8 Å². The fraction of sp³-hybridized carbons (Fsp3) is 0.588. The molecule has 0 aromatic carbocycles. The number of aromatic nitrogens is 3. The van der Waals surface area contributed by atoms with Crippen LogP contribution in [0.15, 0.2) is 6.07 Å². The average Bonchev–Trinajstić information content (AvgIpc) is 2.83. The summed E-state index contributed by atoms with van der Waals surface area (Å²) in [7, 11) is 0. The lowest BCUT2D eigenvalue weighted by molar-refractivity contribution is 0.0929.